The number of nitrogens with zero attached hydrogens (tertiary/aromatic N) is 1. The van der Waals surface area contributed by atoms with Crippen molar-refractivity contribution in [1.82, 2.24) is 0 Å². The molecule has 1 heterocycles. The Balaban J connectivity index is 1.52. The molecule has 3 rings (SSSR count). The zero-order chi connectivity index (χ0) is 19.4. The number of nitrogens with one attached hydrogen (secondary N) is 1. The smallest absolute Gasteiger partial charge is 0.253 e. The van der Waals surface area contributed by atoms with Crippen molar-refractivity contribution in [1.29, 1.82) is 0 Å². The first kappa shape index (κ1) is 20.2. The number of ether oxygens (including phenoxy) is 2. The van der Waals surface area contributed by atoms with Crippen molar-refractivity contribution in [3.8, 4) is 0 Å². The van der Waals surface area contributed by atoms with Crippen LogP contribution in [0.4, 0.5) is 11.4 Å². The van der Waals surface area contributed by atoms with E-state index in [0.717, 1.165) is 37.3 Å². The van der Waals surface area contributed by atoms with Crippen LogP contribution in [-0.2, 0) is 14.3 Å². The van der Waals surface area contributed by atoms with Crippen molar-refractivity contribution in [2.75, 3.05) is 23.3 Å². The van der Waals surface area contributed by atoms with E-state index in [4.69, 9.17) is 9.47 Å². The molecule has 0 aromatic heterocycles. The minimum Gasteiger partial charge on any atom is -0.372 e. The molecule has 1 saturated heterocycles. The normalized spacial score (nSPS) is 30.0. The average molecular weight is 375 g/mol. The number of hydrogen-bond donors (Lipinski definition) is 1. The number of carbonyl (C=O) groups excluding carboxylic acids is 1. The van der Waals surface area contributed by atoms with Gasteiger partial charge in [-0.2, -0.15) is 0 Å². The van der Waals surface area contributed by atoms with Gasteiger partial charge in [-0.3, -0.25) is 4.79 Å². The van der Waals surface area contributed by atoms with E-state index in [1.165, 1.54) is 12.8 Å². The highest BCUT2D eigenvalue weighted by atomic mass is 16.5. The van der Waals surface area contributed by atoms with Crippen LogP contribution >= 0.6 is 0 Å². The van der Waals surface area contributed by atoms with Crippen molar-refractivity contribution in [2.45, 2.75) is 77.8 Å². The lowest BCUT2D eigenvalue weighted by Crippen LogP contribution is -2.45. The quantitative estimate of drug-likeness (QED) is 0.838. The molecule has 0 unspecified atom stereocenters. The summed E-state index contributed by atoms with van der Waals surface area (Å²) in [5, 5.41) is 2.98. The van der Waals surface area contributed by atoms with E-state index in [1.54, 1.807) is 0 Å². The summed E-state index contributed by atoms with van der Waals surface area (Å²) < 4.78 is 11.8. The third-order valence-electron chi connectivity index (χ3n) is 5.57. The summed E-state index contributed by atoms with van der Waals surface area (Å²) in [6, 6.07) is 8.06. The van der Waals surface area contributed by atoms with Crippen LogP contribution in [0, 0.1) is 5.92 Å². The molecule has 1 aliphatic heterocycles. The Morgan fingerprint density at radius 3 is 2.44 bits per heavy atom. The van der Waals surface area contributed by atoms with Gasteiger partial charge in [0.25, 0.3) is 5.91 Å². The Labute approximate surface area is 163 Å². The third kappa shape index (κ3) is 5.69. The third-order valence-corrected chi connectivity index (χ3v) is 5.57. The molecular weight excluding hydrogens is 340 g/mol. The summed E-state index contributed by atoms with van der Waals surface area (Å²) in [7, 11) is 0. The molecule has 150 valence electrons. The summed E-state index contributed by atoms with van der Waals surface area (Å²) >= 11 is 0. The number of amides is 1. The number of rotatable bonds is 5. The lowest BCUT2D eigenvalue weighted by atomic mass is 9.88. The first-order valence-corrected chi connectivity index (χ1v) is 10.4. The fraction of sp³-hybridized carbons (Fsp3) is 0.682. The van der Waals surface area contributed by atoms with E-state index in [0.29, 0.717) is 5.92 Å². The molecule has 0 radical (unpaired) electrons. The minimum atomic E-state index is -0.430. The molecular formula is C22H34N2O3. The zero-order valence-corrected chi connectivity index (χ0v) is 17.1. The number of hydrogen-bond acceptors (Lipinski definition) is 4. The number of carbonyl (C=O) groups is 1. The van der Waals surface area contributed by atoms with Crippen LogP contribution in [0.15, 0.2) is 24.3 Å². The fourth-order valence-corrected chi connectivity index (χ4v) is 4.24. The van der Waals surface area contributed by atoms with Gasteiger partial charge in [0, 0.05) is 24.5 Å². The molecule has 5 nitrogen and oxygen atoms in total. The SMILES string of the molecule is C[C@@H]1CCC[C@H](O[C@H](C)C(=O)Nc2ccc(N3C[C@H](C)O[C@@H](C)C3)cc2)C1. The minimum absolute atomic E-state index is 0.0745. The molecule has 5 heteroatoms. The van der Waals surface area contributed by atoms with Gasteiger partial charge in [-0.05, 0) is 63.8 Å². The second-order valence-corrected chi connectivity index (χ2v) is 8.37. The van der Waals surface area contributed by atoms with Crippen LogP contribution in [0.1, 0.15) is 53.4 Å². The maximum Gasteiger partial charge on any atom is 0.253 e. The molecule has 2 fully saturated rings. The topological polar surface area (TPSA) is 50.8 Å². The van der Waals surface area contributed by atoms with E-state index in [9.17, 15) is 4.79 Å². The van der Waals surface area contributed by atoms with Crippen molar-refractivity contribution in [3.05, 3.63) is 24.3 Å². The number of benzene rings is 1. The van der Waals surface area contributed by atoms with E-state index in [2.05, 4.69) is 43.1 Å². The summed E-state index contributed by atoms with van der Waals surface area (Å²) in [6.07, 6.45) is 4.83. The highest BCUT2D eigenvalue weighted by Gasteiger charge is 2.25. The first-order valence-electron chi connectivity index (χ1n) is 10.4. The van der Waals surface area contributed by atoms with E-state index in [-0.39, 0.29) is 24.2 Å². The summed E-state index contributed by atoms with van der Waals surface area (Å²) in [4.78, 5) is 14.8. The van der Waals surface area contributed by atoms with Crippen LogP contribution in [0.25, 0.3) is 0 Å². The number of anilines is 2. The van der Waals surface area contributed by atoms with Gasteiger partial charge in [0.05, 0.1) is 18.3 Å². The molecule has 1 aliphatic carbocycles. The Hall–Kier alpha value is -1.59. The molecule has 1 saturated carbocycles. The lowest BCUT2D eigenvalue weighted by Gasteiger charge is -2.36. The molecule has 0 spiro atoms. The van der Waals surface area contributed by atoms with Crippen LogP contribution in [-0.4, -0.2) is 43.4 Å². The maximum atomic E-state index is 12.5. The predicted octanol–water partition coefficient (Wildman–Crippen LogP) is 4.22. The van der Waals surface area contributed by atoms with Crippen LogP contribution in [0.5, 0.6) is 0 Å². The monoisotopic (exact) mass is 374 g/mol. The molecule has 5 atom stereocenters. The van der Waals surface area contributed by atoms with Gasteiger partial charge in [-0.1, -0.05) is 19.8 Å². The first-order chi connectivity index (χ1) is 12.9. The van der Waals surface area contributed by atoms with Crippen LogP contribution in [0.2, 0.25) is 0 Å². The van der Waals surface area contributed by atoms with Gasteiger partial charge < -0.3 is 19.7 Å². The highest BCUT2D eigenvalue weighted by Crippen LogP contribution is 2.27. The van der Waals surface area contributed by atoms with Crippen molar-refractivity contribution in [2.24, 2.45) is 5.92 Å². The van der Waals surface area contributed by atoms with Crippen LogP contribution in [0.3, 0.4) is 0 Å². The lowest BCUT2D eigenvalue weighted by molar-refractivity contribution is -0.131. The van der Waals surface area contributed by atoms with E-state index in [1.807, 2.05) is 19.1 Å². The standard InChI is InChI=1S/C22H34N2O3/c1-15-6-5-7-21(12-15)27-18(4)22(25)23-19-8-10-20(11-9-19)24-13-16(2)26-17(3)14-24/h8-11,15-18,21H,5-7,12-14H2,1-4H3,(H,23,25)/t15-,16+,17+,18-,21+/m1/s1. The van der Waals surface area contributed by atoms with E-state index < -0.39 is 6.10 Å². The molecule has 1 amide bonds. The summed E-state index contributed by atoms with van der Waals surface area (Å²) in [6.45, 7) is 10.1. The van der Waals surface area contributed by atoms with Crippen LogP contribution < -0.4 is 10.2 Å². The van der Waals surface area contributed by atoms with Crippen molar-refractivity contribution in [3.63, 3.8) is 0 Å². The Morgan fingerprint density at radius 1 is 1.15 bits per heavy atom. The predicted molar refractivity (Wildman–Crippen MR) is 109 cm³/mol. The maximum absolute atomic E-state index is 12.5. The largest absolute Gasteiger partial charge is 0.372 e. The summed E-state index contributed by atoms with van der Waals surface area (Å²) in [5.74, 6) is 0.617. The number of morpholine rings is 1. The van der Waals surface area contributed by atoms with Gasteiger partial charge in [-0.15, -0.1) is 0 Å². The fourth-order valence-electron chi connectivity index (χ4n) is 4.24. The van der Waals surface area contributed by atoms with Gasteiger partial charge in [-0.25, -0.2) is 0 Å². The Kier molecular flexibility index (Phi) is 6.77. The van der Waals surface area contributed by atoms with Crippen molar-refractivity contribution < 1.29 is 14.3 Å². The second kappa shape index (κ2) is 9.07. The Morgan fingerprint density at radius 2 is 1.81 bits per heavy atom. The molecule has 1 aromatic carbocycles. The average Bonchev–Trinajstić information content (AvgIpc) is 2.61. The molecule has 1 aromatic rings. The highest BCUT2D eigenvalue weighted by molar-refractivity contribution is 5.94. The second-order valence-electron chi connectivity index (χ2n) is 8.37. The van der Waals surface area contributed by atoms with Gasteiger partial charge in [0.1, 0.15) is 6.10 Å². The molecule has 1 N–H and O–H groups in total. The van der Waals surface area contributed by atoms with Gasteiger partial charge >= 0.3 is 0 Å². The van der Waals surface area contributed by atoms with Gasteiger partial charge in [0.2, 0.25) is 0 Å². The Bertz CT molecular complexity index is 608. The molecule has 2 aliphatic rings. The zero-order valence-electron chi connectivity index (χ0n) is 17.1. The van der Waals surface area contributed by atoms with Crippen molar-refractivity contribution >= 4 is 17.3 Å². The molecule has 0 bridgehead atoms. The summed E-state index contributed by atoms with van der Waals surface area (Å²) in [5.41, 5.74) is 1.97. The van der Waals surface area contributed by atoms with Gasteiger partial charge in [0.15, 0.2) is 0 Å². The molecule has 27 heavy (non-hydrogen) atoms. The van der Waals surface area contributed by atoms with E-state index >= 15 is 0 Å².